The Morgan fingerprint density at radius 1 is 1.50 bits per heavy atom. The maximum Gasteiger partial charge on any atom is 0.163 e. The summed E-state index contributed by atoms with van der Waals surface area (Å²) >= 11 is 0. The van der Waals surface area contributed by atoms with Crippen LogP contribution >= 0.6 is 0 Å². The fourth-order valence-electron chi connectivity index (χ4n) is 2.16. The van der Waals surface area contributed by atoms with Crippen molar-refractivity contribution in [1.82, 2.24) is 0 Å². The van der Waals surface area contributed by atoms with Gasteiger partial charge in [-0.05, 0) is 20.3 Å². The van der Waals surface area contributed by atoms with Crippen molar-refractivity contribution < 1.29 is 14.3 Å². The highest BCUT2D eigenvalue weighted by Crippen LogP contribution is 2.31. The van der Waals surface area contributed by atoms with E-state index < -0.39 is 5.79 Å². The normalized spacial score (nSPS) is 31.1. The van der Waals surface area contributed by atoms with Gasteiger partial charge in [-0.25, -0.2) is 0 Å². The van der Waals surface area contributed by atoms with Crippen LogP contribution in [0.25, 0.3) is 0 Å². The predicted molar refractivity (Wildman–Crippen MR) is 63.1 cm³/mol. The molecule has 0 unspecified atom stereocenters. The van der Waals surface area contributed by atoms with E-state index in [0.29, 0.717) is 18.8 Å². The van der Waals surface area contributed by atoms with E-state index in [4.69, 9.17) is 9.47 Å². The van der Waals surface area contributed by atoms with Gasteiger partial charge in [-0.1, -0.05) is 20.8 Å². The quantitative estimate of drug-likeness (QED) is 0.742. The highest BCUT2D eigenvalue weighted by Gasteiger charge is 2.38. The number of ether oxygens (including phenoxy) is 2. The average molecular weight is 228 g/mol. The monoisotopic (exact) mass is 228 g/mol. The molecule has 0 bridgehead atoms. The standard InChI is InChI=1S/C13H24O3/c1-6-7-11(14)10(3)12-9(2)8-15-13(4,5)16-12/h9-10,12H,6-8H2,1-5H3/t9-,10+,12-/m1/s1. The summed E-state index contributed by atoms with van der Waals surface area (Å²) in [5, 5.41) is 0. The van der Waals surface area contributed by atoms with Crippen molar-refractivity contribution in [3.05, 3.63) is 0 Å². The molecule has 3 heteroatoms. The fourth-order valence-corrected chi connectivity index (χ4v) is 2.16. The largest absolute Gasteiger partial charge is 0.350 e. The molecular formula is C13H24O3. The van der Waals surface area contributed by atoms with Crippen LogP contribution in [0.4, 0.5) is 0 Å². The predicted octanol–water partition coefficient (Wildman–Crippen LogP) is 2.78. The lowest BCUT2D eigenvalue weighted by Crippen LogP contribution is -2.48. The second kappa shape index (κ2) is 5.28. The Morgan fingerprint density at radius 2 is 2.12 bits per heavy atom. The van der Waals surface area contributed by atoms with Gasteiger partial charge in [0.05, 0.1) is 12.7 Å². The van der Waals surface area contributed by atoms with Gasteiger partial charge in [0.2, 0.25) is 0 Å². The second-order valence-corrected chi connectivity index (χ2v) is 5.28. The van der Waals surface area contributed by atoms with E-state index in [9.17, 15) is 4.79 Å². The van der Waals surface area contributed by atoms with Gasteiger partial charge in [0.1, 0.15) is 5.78 Å². The number of hydrogen-bond donors (Lipinski definition) is 0. The van der Waals surface area contributed by atoms with Crippen LogP contribution in [0.3, 0.4) is 0 Å². The number of carbonyl (C=O) groups is 1. The molecule has 0 saturated carbocycles. The number of Topliss-reactive ketones (excluding diaryl/α,β-unsaturated/α-hetero) is 1. The molecule has 1 heterocycles. The molecule has 1 rings (SSSR count). The molecule has 0 aliphatic carbocycles. The second-order valence-electron chi connectivity index (χ2n) is 5.28. The molecular weight excluding hydrogens is 204 g/mol. The summed E-state index contributed by atoms with van der Waals surface area (Å²) in [6.07, 6.45) is 1.54. The SMILES string of the molecule is CCCC(=O)[C@H](C)[C@@H]1OC(C)(C)OC[C@H]1C. The van der Waals surface area contributed by atoms with Crippen molar-refractivity contribution in [2.24, 2.45) is 11.8 Å². The number of hydrogen-bond acceptors (Lipinski definition) is 3. The maximum absolute atomic E-state index is 11.9. The molecule has 1 fully saturated rings. The molecule has 1 saturated heterocycles. The minimum atomic E-state index is -0.558. The third-order valence-corrected chi connectivity index (χ3v) is 3.17. The van der Waals surface area contributed by atoms with Gasteiger partial charge < -0.3 is 9.47 Å². The van der Waals surface area contributed by atoms with Crippen LogP contribution in [0.2, 0.25) is 0 Å². The lowest BCUT2D eigenvalue weighted by molar-refractivity contribution is -0.297. The summed E-state index contributed by atoms with van der Waals surface area (Å²) in [6.45, 7) is 10.6. The lowest BCUT2D eigenvalue weighted by atomic mass is 9.88. The molecule has 0 aromatic carbocycles. The summed E-state index contributed by atoms with van der Waals surface area (Å²) in [5.41, 5.74) is 0. The van der Waals surface area contributed by atoms with E-state index in [1.807, 2.05) is 27.7 Å². The van der Waals surface area contributed by atoms with Crippen molar-refractivity contribution in [3.8, 4) is 0 Å². The van der Waals surface area contributed by atoms with Crippen LogP contribution < -0.4 is 0 Å². The van der Waals surface area contributed by atoms with E-state index in [0.717, 1.165) is 6.42 Å². The van der Waals surface area contributed by atoms with Crippen LogP contribution in [0.1, 0.15) is 47.5 Å². The van der Waals surface area contributed by atoms with Crippen LogP contribution in [0, 0.1) is 11.8 Å². The highest BCUT2D eigenvalue weighted by atomic mass is 16.7. The first-order valence-electron chi connectivity index (χ1n) is 6.22. The Kier molecular flexibility index (Phi) is 4.51. The molecule has 16 heavy (non-hydrogen) atoms. The smallest absolute Gasteiger partial charge is 0.163 e. The molecule has 0 radical (unpaired) electrons. The fraction of sp³-hybridized carbons (Fsp3) is 0.923. The molecule has 3 nitrogen and oxygen atoms in total. The summed E-state index contributed by atoms with van der Waals surface area (Å²) in [6, 6.07) is 0. The van der Waals surface area contributed by atoms with Crippen LogP contribution in [0.15, 0.2) is 0 Å². The van der Waals surface area contributed by atoms with Gasteiger partial charge in [-0.2, -0.15) is 0 Å². The molecule has 0 aromatic rings. The van der Waals surface area contributed by atoms with Crippen molar-refractivity contribution in [1.29, 1.82) is 0 Å². The Balaban J connectivity index is 2.65. The molecule has 1 aliphatic rings. The van der Waals surface area contributed by atoms with Crippen LogP contribution in [0.5, 0.6) is 0 Å². The van der Waals surface area contributed by atoms with Gasteiger partial charge in [0.15, 0.2) is 5.79 Å². The highest BCUT2D eigenvalue weighted by molar-refractivity contribution is 5.81. The third kappa shape index (κ3) is 3.29. The summed E-state index contributed by atoms with van der Waals surface area (Å²) < 4.78 is 11.4. The molecule has 0 amide bonds. The Bertz CT molecular complexity index is 248. The summed E-state index contributed by atoms with van der Waals surface area (Å²) in [5.74, 6) is -0.00297. The Morgan fingerprint density at radius 3 is 2.69 bits per heavy atom. The molecule has 0 N–H and O–H groups in total. The first-order valence-corrected chi connectivity index (χ1v) is 6.22. The van der Waals surface area contributed by atoms with Crippen molar-refractivity contribution in [2.75, 3.05) is 6.61 Å². The van der Waals surface area contributed by atoms with E-state index in [1.165, 1.54) is 0 Å². The van der Waals surface area contributed by atoms with Crippen LogP contribution in [-0.4, -0.2) is 24.3 Å². The van der Waals surface area contributed by atoms with Gasteiger partial charge in [-0.3, -0.25) is 4.79 Å². The molecule has 0 aromatic heterocycles. The van der Waals surface area contributed by atoms with Crippen molar-refractivity contribution >= 4 is 5.78 Å². The first kappa shape index (κ1) is 13.7. The summed E-state index contributed by atoms with van der Waals surface area (Å²) in [7, 11) is 0. The number of carbonyl (C=O) groups excluding carboxylic acids is 1. The van der Waals surface area contributed by atoms with Gasteiger partial charge >= 0.3 is 0 Å². The van der Waals surface area contributed by atoms with Gasteiger partial charge in [-0.15, -0.1) is 0 Å². The number of ketones is 1. The maximum atomic E-state index is 11.9. The topological polar surface area (TPSA) is 35.5 Å². The van der Waals surface area contributed by atoms with Gasteiger partial charge in [0.25, 0.3) is 0 Å². The zero-order valence-electron chi connectivity index (χ0n) is 11.1. The van der Waals surface area contributed by atoms with E-state index >= 15 is 0 Å². The van der Waals surface area contributed by atoms with Crippen LogP contribution in [-0.2, 0) is 14.3 Å². The molecule has 3 atom stereocenters. The molecule has 1 aliphatic heterocycles. The van der Waals surface area contributed by atoms with E-state index in [1.54, 1.807) is 0 Å². The summed E-state index contributed by atoms with van der Waals surface area (Å²) in [4.78, 5) is 11.9. The Hall–Kier alpha value is -0.410. The number of rotatable bonds is 4. The Labute approximate surface area is 98.5 Å². The zero-order chi connectivity index (χ0) is 12.3. The van der Waals surface area contributed by atoms with Crippen molar-refractivity contribution in [2.45, 2.75) is 59.4 Å². The lowest BCUT2D eigenvalue weighted by Gasteiger charge is -2.42. The van der Waals surface area contributed by atoms with E-state index in [2.05, 4.69) is 6.92 Å². The minimum Gasteiger partial charge on any atom is -0.350 e. The minimum absolute atomic E-state index is 0.0113. The van der Waals surface area contributed by atoms with Gasteiger partial charge in [0, 0.05) is 18.3 Å². The molecule has 94 valence electrons. The average Bonchev–Trinajstić information content (AvgIpc) is 2.21. The molecule has 0 spiro atoms. The van der Waals surface area contributed by atoms with E-state index in [-0.39, 0.29) is 17.9 Å². The third-order valence-electron chi connectivity index (χ3n) is 3.17. The zero-order valence-corrected chi connectivity index (χ0v) is 11.1. The van der Waals surface area contributed by atoms with Crippen molar-refractivity contribution in [3.63, 3.8) is 0 Å². The first-order chi connectivity index (χ1) is 7.37.